The molecule has 0 radical (unpaired) electrons. The molecule has 0 bridgehead atoms. The molecule has 1 atom stereocenters. The van der Waals surface area contributed by atoms with Crippen LogP contribution in [0.5, 0.6) is 0 Å². The van der Waals surface area contributed by atoms with Crippen molar-refractivity contribution in [1.82, 2.24) is 20.4 Å². The minimum Gasteiger partial charge on any atom is -0.353 e. The molecule has 0 aliphatic heterocycles. The molecular formula is C19H34IN5. The van der Waals surface area contributed by atoms with Gasteiger partial charge in [0.15, 0.2) is 5.96 Å². The summed E-state index contributed by atoms with van der Waals surface area (Å²) in [6.07, 6.45) is 5.43. The fourth-order valence-corrected chi connectivity index (χ4v) is 3.96. The van der Waals surface area contributed by atoms with Crippen LogP contribution in [-0.4, -0.2) is 34.9 Å². The zero-order chi connectivity index (χ0) is 17.7. The van der Waals surface area contributed by atoms with Crippen LogP contribution in [0.3, 0.4) is 0 Å². The van der Waals surface area contributed by atoms with E-state index < -0.39 is 0 Å². The fraction of sp³-hybridized carbons (Fsp3) is 0.789. The number of hydrogen-bond acceptors (Lipinski definition) is 2. The third-order valence-corrected chi connectivity index (χ3v) is 6.49. The zero-order valence-electron chi connectivity index (χ0n) is 16.7. The van der Waals surface area contributed by atoms with Crippen molar-refractivity contribution in [3.8, 4) is 0 Å². The molecular weight excluding hydrogens is 425 g/mol. The molecule has 25 heavy (non-hydrogen) atoms. The second-order valence-corrected chi connectivity index (χ2v) is 8.85. The molecule has 1 unspecified atom stereocenters. The maximum Gasteiger partial charge on any atom is 0.191 e. The molecule has 5 nitrogen and oxygen atoms in total. The second-order valence-electron chi connectivity index (χ2n) is 8.85. The summed E-state index contributed by atoms with van der Waals surface area (Å²) in [5.41, 5.74) is 3.27. The normalized spacial score (nSPS) is 24.5. The number of aryl methyl sites for hydroxylation is 1. The van der Waals surface area contributed by atoms with Crippen LogP contribution in [0.1, 0.15) is 65.3 Å². The summed E-state index contributed by atoms with van der Waals surface area (Å²) in [4.78, 5) is 4.45. The summed E-state index contributed by atoms with van der Waals surface area (Å²) in [6.45, 7) is 13.7. The van der Waals surface area contributed by atoms with Crippen LogP contribution in [0.2, 0.25) is 0 Å². The molecule has 0 saturated heterocycles. The lowest BCUT2D eigenvalue weighted by atomic mass is 9.94. The van der Waals surface area contributed by atoms with Gasteiger partial charge >= 0.3 is 0 Å². The molecule has 2 aliphatic carbocycles. The van der Waals surface area contributed by atoms with E-state index in [1.54, 1.807) is 0 Å². The van der Waals surface area contributed by atoms with Crippen molar-refractivity contribution in [2.45, 2.75) is 78.9 Å². The van der Waals surface area contributed by atoms with Crippen molar-refractivity contribution in [2.24, 2.45) is 15.8 Å². The van der Waals surface area contributed by atoms with Gasteiger partial charge < -0.3 is 10.6 Å². The molecule has 0 amide bonds. The predicted molar refractivity (Wildman–Crippen MR) is 115 cm³/mol. The lowest BCUT2D eigenvalue weighted by Crippen LogP contribution is -2.47. The lowest BCUT2D eigenvalue weighted by molar-refractivity contribution is 0.457. The Morgan fingerprint density at radius 2 is 1.88 bits per heavy atom. The number of rotatable bonds is 3. The van der Waals surface area contributed by atoms with Crippen molar-refractivity contribution in [3.63, 3.8) is 0 Å². The monoisotopic (exact) mass is 459 g/mol. The summed E-state index contributed by atoms with van der Waals surface area (Å²) >= 11 is 0. The summed E-state index contributed by atoms with van der Waals surface area (Å²) in [5.74, 6) is 0.926. The smallest absolute Gasteiger partial charge is 0.191 e. The molecule has 1 aromatic heterocycles. The first-order valence-electron chi connectivity index (χ1n) is 9.23. The van der Waals surface area contributed by atoms with Gasteiger partial charge in [0.1, 0.15) is 0 Å². The van der Waals surface area contributed by atoms with Gasteiger partial charge in [-0.2, -0.15) is 5.10 Å². The maximum absolute atomic E-state index is 4.77. The van der Waals surface area contributed by atoms with Crippen molar-refractivity contribution in [2.75, 3.05) is 7.05 Å². The molecule has 6 heteroatoms. The van der Waals surface area contributed by atoms with Crippen LogP contribution in [-0.2, 0) is 12.8 Å². The van der Waals surface area contributed by atoms with E-state index in [2.05, 4.69) is 68.0 Å². The van der Waals surface area contributed by atoms with Gasteiger partial charge in [-0.05, 0) is 43.1 Å². The van der Waals surface area contributed by atoms with Crippen LogP contribution in [0.15, 0.2) is 11.2 Å². The van der Waals surface area contributed by atoms with Gasteiger partial charge in [0.05, 0.1) is 5.69 Å². The van der Waals surface area contributed by atoms with Gasteiger partial charge in [-0.1, -0.05) is 27.7 Å². The van der Waals surface area contributed by atoms with Gasteiger partial charge in [0.2, 0.25) is 0 Å². The van der Waals surface area contributed by atoms with E-state index in [-0.39, 0.29) is 24.0 Å². The highest BCUT2D eigenvalue weighted by Crippen LogP contribution is 2.62. The molecule has 1 saturated carbocycles. The van der Waals surface area contributed by atoms with Gasteiger partial charge in [-0.3, -0.25) is 9.67 Å². The first-order chi connectivity index (χ1) is 11.2. The maximum atomic E-state index is 4.77. The van der Waals surface area contributed by atoms with E-state index in [1.807, 2.05) is 7.05 Å². The van der Waals surface area contributed by atoms with Crippen LogP contribution >= 0.6 is 24.0 Å². The highest BCUT2D eigenvalue weighted by molar-refractivity contribution is 14.0. The second kappa shape index (κ2) is 7.08. The average molecular weight is 459 g/mol. The molecule has 0 aromatic carbocycles. The van der Waals surface area contributed by atoms with Crippen molar-refractivity contribution in [1.29, 1.82) is 0 Å². The van der Waals surface area contributed by atoms with Crippen LogP contribution < -0.4 is 10.6 Å². The molecule has 2 N–H and O–H groups in total. The van der Waals surface area contributed by atoms with Crippen LogP contribution in [0.4, 0.5) is 0 Å². The SMILES string of the molecule is CN=C(NC1CCc2cn(C(C)C)nc2C1)NC1C(C)(C)C1(C)C.I. The first kappa shape index (κ1) is 20.5. The van der Waals surface area contributed by atoms with Gasteiger partial charge in [0.25, 0.3) is 0 Å². The van der Waals surface area contributed by atoms with E-state index >= 15 is 0 Å². The molecule has 0 spiro atoms. The Morgan fingerprint density at radius 3 is 2.40 bits per heavy atom. The third kappa shape index (κ3) is 3.69. The third-order valence-electron chi connectivity index (χ3n) is 6.49. The van der Waals surface area contributed by atoms with Gasteiger partial charge in [-0.15, -0.1) is 24.0 Å². The van der Waals surface area contributed by atoms with Crippen molar-refractivity contribution in [3.05, 3.63) is 17.5 Å². The van der Waals surface area contributed by atoms with E-state index in [0.29, 0.717) is 29.0 Å². The zero-order valence-corrected chi connectivity index (χ0v) is 19.0. The number of guanidine groups is 1. The van der Waals surface area contributed by atoms with Crippen LogP contribution in [0.25, 0.3) is 0 Å². The number of aromatic nitrogens is 2. The number of hydrogen-bond donors (Lipinski definition) is 2. The first-order valence-corrected chi connectivity index (χ1v) is 9.23. The Bertz CT molecular complexity index is 630. The highest BCUT2D eigenvalue weighted by Gasteiger charge is 2.65. The molecule has 1 heterocycles. The van der Waals surface area contributed by atoms with E-state index in [9.17, 15) is 0 Å². The number of nitrogens with one attached hydrogen (secondary N) is 2. The van der Waals surface area contributed by atoms with E-state index in [0.717, 1.165) is 25.2 Å². The summed E-state index contributed by atoms with van der Waals surface area (Å²) in [5, 5.41) is 12.0. The minimum absolute atomic E-state index is 0. The molecule has 142 valence electrons. The summed E-state index contributed by atoms with van der Waals surface area (Å²) in [7, 11) is 1.86. The van der Waals surface area contributed by atoms with Gasteiger partial charge in [-0.25, -0.2) is 0 Å². The Hall–Kier alpha value is -0.790. The summed E-state index contributed by atoms with van der Waals surface area (Å²) < 4.78 is 2.09. The molecule has 2 aliphatic rings. The fourth-order valence-electron chi connectivity index (χ4n) is 3.96. The van der Waals surface area contributed by atoms with Gasteiger partial charge in [0, 0.05) is 37.8 Å². The minimum atomic E-state index is 0. The number of aliphatic imine (C=N–C) groups is 1. The number of halogens is 1. The highest BCUT2D eigenvalue weighted by atomic mass is 127. The van der Waals surface area contributed by atoms with E-state index in [4.69, 9.17) is 5.10 Å². The van der Waals surface area contributed by atoms with E-state index in [1.165, 1.54) is 11.3 Å². The molecule has 1 fully saturated rings. The van der Waals surface area contributed by atoms with Crippen LogP contribution in [0, 0.1) is 10.8 Å². The average Bonchev–Trinajstić information content (AvgIpc) is 2.84. The number of fused-ring (bicyclic) bond motifs is 1. The summed E-state index contributed by atoms with van der Waals surface area (Å²) in [6, 6.07) is 1.30. The standard InChI is InChI=1S/C19H33N5.HI/c1-12(2)24-11-13-8-9-14(10-15(13)23-24)21-17(20-7)22-16-18(3,4)19(16,5)6;/h11-12,14,16H,8-10H2,1-7H3,(H2,20,21,22);1H. The Labute approximate surface area is 169 Å². The van der Waals surface area contributed by atoms with Crippen molar-refractivity contribution < 1.29 is 0 Å². The Kier molecular flexibility index (Phi) is 5.81. The topological polar surface area (TPSA) is 54.2 Å². The molecule has 3 rings (SSSR count). The number of nitrogens with zero attached hydrogens (tertiary/aromatic N) is 3. The Morgan fingerprint density at radius 1 is 1.24 bits per heavy atom. The lowest BCUT2D eigenvalue weighted by Gasteiger charge is -2.25. The predicted octanol–water partition coefficient (Wildman–Crippen LogP) is 3.54. The molecule has 1 aromatic rings. The Balaban J connectivity index is 0.00000225. The van der Waals surface area contributed by atoms with Crippen molar-refractivity contribution >= 4 is 29.9 Å². The largest absolute Gasteiger partial charge is 0.353 e. The quantitative estimate of drug-likeness (QED) is 0.413.